The highest BCUT2D eigenvalue weighted by Crippen LogP contribution is 2.32. The summed E-state index contributed by atoms with van der Waals surface area (Å²) in [5.41, 5.74) is 7.01. The fraction of sp³-hybridized carbons (Fsp3) is 0.550. The minimum Gasteiger partial charge on any atom is -0.370 e. The van der Waals surface area contributed by atoms with Gasteiger partial charge >= 0.3 is 0 Å². The van der Waals surface area contributed by atoms with E-state index in [0.717, 1.165) is 61.9 Å². The molecule has 8 heteroatoms. The number of guanidine groups is 1. The van der Waals surface area contributed by atoms with Gasteiger partial charge in [0.05, 0.1) is 5.69 Å². The van der Waals surface area contributed by atoms with Crippen molar-refractivity contribution in [1.82, 2.24) is 14.9 Å². The third-order valence-corrected chi connectivity index (χ3v) is 5.89. The Morgan fingerprint density at radius 3 is 2.82 bits per heavy atom. The van der Waals surface area contributed by atoms with Crippen LogP contribution in [-0.4, -0.2) is 34.6 Å². The maximum atomic E-state index is 12.8. The number of carbonyl (C=O) groups excluding carboxylic acids is 1. The van der Waals surface area contributed by atoms with Gasteiger partial charge in [-0.05, 0) is 56.6 Å². The largest absolute Gasteiger partial charge is 0.370 e. The lowest BCUT2D eigenvalue weighted by Gasteiger charge is -2.28. The Labute approximate surface area is 164 Å². The van der Waals surface area contributed by atoms with Crippen LogP contribution in [0.2, 0.25) is 0 Å². The molecule has 2 aromatic heterocycles. The van der Waals surface area contributed by atoms with Crippen molar-refractivity contribution in [2.45, 2.75) is 44.8 Å². The average Bonchev–Trinajstić information content (AvgIpc) is 3.36. The van der Waals surface area contributed by atoms with E-state index in [-0.39, 0.29) is 24.0 Å². The van der Waals surface area contributed by atoms with Gasteiger partial charge < -0.3 is 25.7 Å². The summed E-state index contributed by atoms with van der Waals surface area (Å²) in [6, 6.07) is 3.87. The molecule has 1 amide bonds. The second-order valence-corrected chi connectivity index (χ2v) is 7.79. The molecule has 0 bridgehead atoms. The zero-order chi connectivity index (χ0) is 19.5. The zero-order valence-corrected chi connectivity index (χ0v) is 16.0. The third-order valence-electron chi connectivity index (χ3n) is 5.89. The third kappa shape index (κ3) is 3.96. The lowest BCUT2D eigenvalue weighted by molar-refractivity contribution is -0.121. The van der Waals surface area contributed by atoms with Gasteiger partial charge in [-0.15, -0.1) is 0 Å². The Morgan fingerprint density at radius 2 is 2.11 bits per heavy atom. The first kappa shape index (κ1) is 18.7. The van der Waals surface area contributed by atoms with Crippen LogP contribution >= 0.6 is 0 Å². The van der Waals surface area contributed by atoms with Crippen molar-refractivity contribution in [3.8, 4) is 0 Å². The van der Waals surface area contributed by atoms with Crippen molar-refractivity contribution >= 4 is 28.6 Å². The Balaban J connectivity index is 1.40. The number of hydrogen-bond donors (Lipinski definition) is 4. The van der Waals surface area contributed by atoms with Gasteiger partial charge in [0.15, 0.2) is 5.96 Å². The Morgan fingerprint density at radius 1 is 1.29 bits per heavy atom. The molecular weight excluding hydrogens is 356 g/mol. The first-order valence-corrected chi connectivity index (χ1v) is 10.1. The number of pyridine rings is 1. The first-order valence-electron chi connectivity index (χ1n) is 10.1. The molecule has 2 aromatic rings. The smallest absolute Gasteiger partial charge is 0.227 e. The molecule has 1 saturated heterocycles. The van der Waals surface area contributed by atoms with E-state index < -0.39 is 0 Å². The molecule has 1 aliphatic heterocycles. The molecular formula is C20H28N6O2. The number of hydrogen-bond acceptors (Lipinski definition) is 4. The number of rotatable bonds is 5. The van der Waals surface area contributed by atoms with Crippen LogP contribution in [0.4, 0.5) is 5.69 Å². The molecule has 0 spiro atoms. The van der Waals surface area contributed by atoms with Gasteiger partial charge in [-0.25, -0.2) is 4.98 Å². The predicted molar refractivity (Wildman–Crippen MR) is 108 cm³/mol. The molecule has 5 N–H and O–H groups in total. The summed E-state index contributed by atoms with van der Waals surface area (Å²) in [6.07, 6.45) is 9.50. The van der Waals surface area contributed by atoms with Gasteiger partial charge in [0, 0.05) is 36.8 Å². The van der Waals surface area contributed by atoms with Gasteiger partial charge in [0.25, 0.3) is 0 Å². The number of nitrogens with one attached hydrogen (secondary N) is 3. The van der Waals surface area contributed by atoms with Crippen molar-refractivity contribution in [1.29, 1.82) is 5.41 Å². The first-order chi connectivity index (χ1) is 13.6. The van der Waals surface area contributed by atoms with Crippen molar-refractivity contribution in [2.75, 3.05) is 18.5 Å². The summed E-state index contributed by atoms with van der Waals surface area (Å²) in [5, 5.41) is 14.2. The molecule has 2 aliphatic rings. The molecule has 1 atom stereocenters. The van der Waals surface area contributed by atoms with E-state index >= 15 is 0 Å². The van der Waals surface area contributed by atoms with Crippen molar-refractivity contribution < 1.29 is 9.53 Å². The molecule has 1 aliphatic carbocycles. The highest BCUT2D eigenvalue weighted by molar-refractivity contribution is 6.01. The van der Waals surface area contributed by atoms with Gasteiger partial charge in [-0.1, -0.05) is 0 Å². The normalized spacial score (nSPS) is 24.9. The topological polar surface area (TPSA) is 118 Å². The molecule has 8 nitrogen and oxygen atoms in total. The van der Waals surface area contributed by atoms with Crippen molar-refractivity contribution in [2.24, 2.45) is 17.6 Å². The molecule has 150 valence electrons. The van der Waals surface area contributed by atoms with E-state index in [4.69, 9.17) is 15.9 Å². The molecule has 0 radical (unpaired) electrons. The summed E-state index contributed by atoms with van der Waals surface area (Å²) in [4.78, 5) is 17.3. The van der Waals surface area contributed by atoms with Crippen molar-refractivity contribution in [3.05, 3.63) is 24.5 Å². The van der Waals surface area contributed by atoms with E-state index in [2.05, 4.69) is 20.2 Å². The molecule has 1 unspecified atom stereocenters. The van der Waals surface area contributed by atoms with E-state index in [9.17, 15) is 4.79 Å². The SMILES string of the molecule is N=C(N)NC[C@H]1CC[C@H](C(=O)Nc2ccnc3c2ccn3C2CCCO2)CC1. The fourth-order valence-electron chi connectivity index (χ4n) is 4.30. The standard InChI is InChI=1S/C20H28N6O2/c21-20(22)24-12-13-3-5-14(6-4-13)19(27)25-16-7-9-23-18-15(16)8-10-26(18)17-2-1-11-28-17/h7-10,13-14,17H,1-6,11-12H2,(H4,21,22,24)(H,23,25,27)/t13-,14-,17?. The Bertz CT molecular complexity index is 849. The van der Waals surface area contributed by atoms with Crippen LogP contribution in [0.5, 0.6) is 0 Å². The predicted octanol–water partition coefficient (Wildman–Crippen LogP) is 2.57. The van der Waals surface area contributed by atoms with E-state index in [1.807, 2.05) is 18.3 Å². The number of nitrogens with two attached hydrogens (primary N) is 1. The molecule has 2 fully saturated rings. The maximum Gasteiger partial charge on any atom is 0.227 e. The zero-order valence-electron chi connectivity index (χ0n) is 16.0. The van der Waals surface area contributed by atoms with Crippen LogP contribution in [0, 0.1) is 17.2 Å². The number of ether oxygens (including phenoxy) is 1. The lowest BCUT2D eigenvalue weighted by Crippen LogP contribution is -2.36. The summed E-state index contributed by atoms with van der Waals surface area (Å²) < 4.78 is 7.84. The van der Waals surface area contributed by atoms with Gasteiger partial charge in [-0.2, -0.15) is 0 Å². The monoisotopic (exact) mass is 384 g/mol. The number of amides is 1. The second-order valence-electron chi connectivity index (χ2n) is 7.79. The molecule has 28 heavy (non-hydrogen) atoms. The number of nitrogens with zero attached hydrogens (tertiary/aromatic N) is 2. The van der Waals surface area contributed by atoms with Crippen LogP contribution in [0.15, 0.2) is 24.5 Å². The van der Waals surface area contributed by atoms with Gasteiger partial charge in [-0.3, -0.25) is 10.2 Å². The van der Waals surface area contributed by atoms with Crippen LogP contribution in [0.1, 0.15) is 44.8 Å². The summed E-state index contributed by atoms with van der Waals surface area (Å²) in [6.45, 7) is 1.50. The van der Waals surface area contributed by atoms with Crippen LogP contribution in [0.25, 0.3) is 11.0 Å². The summed E-state index contributed by atoms with van der Waals surface area (Å²) in [7, 11) is 0. The number of aromatic nitrogens is 2. The van der Waals surface area contributed by atoms with E-state index in [0.29, 0.717) is 12.5 Å². The van der Waals surface area contributed by atoms with Crippen LogP contribution in [-0.2, 0) is 9.53 Å². The average molecular weight is 384 g/mol. The molecule has 0 aromatic carbocycles. The lowest BCUT2D eigenvalue weighted by atomic mass is 9.81. The van der Waals surface area contributed by atoms with Gasteiger partial charge in [0.2, 0.25) is 5.91 Å². The fourth-order valence-corrected chi connectivity index (χ4v) is 4.30. The summed E-state index contributed by atoms with van der Waals surface area (Å²) >= 11 is 0. The van der Waals surface area contributed by atoms with E-state index in [1.54, 1.807) is 6.20 Å². The van der Waals surface area contributed by atoms with Crippen LogP contribution < -0.4 is 16.4 Å². The highest BCUT2D eigenvalue weighted by Gasteiger charge is 2.27. The Hall–Kier alpha value is -2.61. The quantitative estimate of drug-likeness (QED) is 0.467. The second kappa shape index (κ2) is 8.18. The summed E-state index contributed by atoms with van der Waals surface area (Å²) in [5.74, 6) is 0.588. The maximum absolute atomic E-state index is 12.8. The van der Waals surface area contributed by atoms with Crippen molar-refractivity contribution in [3.63, 3.8) is 0 Å². The molecule has 1 saturated carbocycles. The number of anilines is 1. The van der Waals surface area contributed by atoms with Crippen LogP contribution in [0.3, 0.4) is 0 Å². The number of carbonyl (C=O) groups is 1. The molecule has 3 heterocycles. The highest BCUT2D eigenvalue weighted by atomic mass is 16.5. The molecule has 4 rings (SSSR count). The van der Waals surface area contributed by atoms with Gasteiger partial charge in [0.1, 0.15) is 11.9 Å². The number of fused-ring (bicyclic) bond motifs is 1. The minimum absolute atomic E-state index is 0.0107. The minimum atomic E-state index is 0.0107. The Kier molecular flexibility index (Phi) is 5.47. The van der Waals surface area contributed by atoms with E-state index in [1.165, 1.54) is 0 Å².